The maximum atomic E-state index is 12.6. The fraction of sp³-hybridized carbons (Fsp3) is 0.932. The smallest absolute Gasteiger partial charge is 0.326 e. The highest BCUT2D eigenvalue weighted by molar-refractivity contribution is 5.83. The third-order valence-corrected chi connectivity index (χ3v) is 10.4. The Morgan fingerprint density at radius 3 is 1.24 bits per heavy atom. The zero-order valence-corrected chi connectivity index (χ0v) is 34.0. The number of carboxylic acids is 1. The van der Waals surface area contributed by atoms with Crippen molar-refractivity contribution in [2.75, 3.05) is 6.54 Å². The Hall–Kier alpha value is -1.63. The van der Waals surface area contributed by atoms with Crippen molar-refractivity contribution in [3.8, 4) is 0 Å². The predicted octanol–water partition coefficient (Wildman–Crippen LogP) is 12.5. The van der Waals surface area contributed by atoms with Gasteiger partial charge in [0.25, 0.3) is 0 Å². The first-order chi connectivity index (χ1) is 24.9. The van der Waals surface area contributed by atoms with Crippen molar-refractivity contribution in [3.63, 3.8) is 0 Å². The van der Waals surface area contributed by atoms with E-state index >= 15 is 0 Å². The van der Waals surface area contributed by atoms with Gasteiger partial charge >= 0.3 is 11.9 Å². The second-order valence-electron chi connectivity index (χ2n) is 15.5. The molecule has 51 heavy (non-hydrogen) atoms. The number of hydrogen-bond donors (Lipinski definition) is 3. The summed E-state index contributed by atoms with van der Waals surface area (Å²) in [5.41, 5.74) is 5.47. The third kappa shape index (κ3) is 36.5. The van der Waals surface area contributed by atoms with Gasteiger partial charge in [-0.3, -0.25) is 9.59 Å². The zero-order valence-electron chi connectivity index (χ0n) is 34.0. The molecule has 0 heterocycles. The van der Waals surface area contributed by atoms with Gasteiger partial charge in [0, 0.05) is 12.8 Å². The summed E-state index contributed by atoms with van der Waals surface area (Å²) in [5, 5.41) is 11.9. The highest BCUT2D eigenvalue weighted by Crippen LogP contribution is 2.19. The summed E-state index contributed by atoms with van der Waals surface area (Å²) in [7, 11) is 0. The van der Waals surface area contributed by atoms with E-state index in [9.17, 15) is 19.5 Å². The lowest BCUT2D eigenvalue weighted by Gasteiger charge is -2.18. The van der Waals surface area contributed by atoms with E-state index in [0.717, 1.165) is 57.8 Å². The number of aliphatic carboxylic acids is 1. The Morgan fingerprint density at radius 1 is 0.490 bits per heavy atom. The zero-order chi connectivity index (χ0) is 37.5. The van der Waals surface area contributed by atoms with Gasteiger partial charge in [-0.15, -0.1) is 0 Å². The monoisotopic (exact) mass is 723 g/mol. The number of carboxylic acid groups (broad SMARTS) is 1. The van der Waals surface area contributed by atoms with E-state index in [-0.39, 0.29) is 18.0 Å². The SMILES string of the molecule is CCCCCCCCCCCCCCCCCCCCCCCCC(=O)OC(CCCCCC)CCCCCCC(=O)NC(CCCN)C(=O)O. The highest BCUT2D eigenvalue weighted by Gasteiger charge is 2.19. The van der Waals surface area contributed by atoms with Crippen molar-refractivity contribution < 1.29 is 24.2 Å². The van der Waals surface area contributed by atoms with Gasteiger partial charge in [0.05, 0.1) is 0 Å². The Bertz CT molecular complexity index is 777. The van der Waals surface area contributed by atoms with Crippen LogP contribution in [0.1, 0.15) is 245 Å². The fourth-order valence-corrected chi connectivity index (χ4v) is 7.04. The molecule has 0 saturated heterocycles. The van der Waals surface area contributed by atoms with Gasteiger partial charge in [0.15, 0.2) is 0 Å². The van der Waals surface area contributed by atoms with E-state index in [4.69, 9.17) is 10.5 Å². The van der Waals surface area contributed by atoms with Crippen LogP contribution in [0.15, 0.2) is 0 Å². The minimum absolute atomic E-state index is 0.00348. The standard InChI is InChI=1S/C44H86N2O5/c1-3-5-7-9-10-11-12-13-14-15-16-17-18-19-20-21-22-23-24-25-26-32-38-43(48)51-40(34-29-8-6-4-2)35-30-27-28-31-37-42(47)46-41(44(49)50)36-33-39-45/h40-41H,3-39,45H2,1-2H3,(H,46,47)(H,49,50). The van der Waals surface area contributed by atoms with E-state index in [1.807, 2.05) is 0 Å². The first-order valence-corrected chi connectivity index (χ1v) is 22.4. The fourth-order valence-electron chi connectivity index (χ4n) is 7.04. The van der Waals surface area contributed by atoms with Crippen molar-refractivity contribution in [3.05, 3.63) is 0 Å². The van der Waals surface area contributed by atoms with Crippen LogP contribution in [0.5, 0.6) is 0 Å². The van der Waals surface area contributed by atoms with Gasteiger partial charge in [-0.2, -0.15) is 0 Å². The van der Waals surface area contributed by atoms with Crippen LogP contribution in [-0.2, 0) is 19.1 Å². The molecule has 1 amide bonds. The van der Waals surface area contributed by atoms with Crippen molar-refractivity contribution in [1.82, 2.24) is 5.32 Å². The molecule has 4 N–H and O–H groups in total. The van der Waals surface area contributed by atoms with Gasteiger partial charge in [0.1, 0.15) is 12.1 Å². The topological polar surface area (TPSA) is 119 Å². The normalized spacial score (nSPS) is 12.5. The molecule has 0 aromatic rings. The lowest BCUT2D eigenvalue weighted by molar-refractivity contribution is -0.150. The number of nitrogens with two attached hydrogens (primary N) is 1. The number of hydrogen-bond acceptors (Lipinski definition) is 5. The van der Waals surface area contributed by atoms with Gasteiger partial charge in [0.2, 0.25) is 5.91 Å². The van der Waals surface area contributed by atoms with Crippen LogP contribution in [-0.4, -0.2) is 41.6 Å². The molecular formula is C44H86N2O5. The van der Waals surface area contributed by atoms with E-state index in [1.54, 1.807) is 0 Å². The predicted molar refractivity (Wildman–Crippen MR) is 216 cm³/mol. The van der Waals surface area contributed by atoms with E-state index in [1.165, 1.54) is 148 Å². The molecule has 0 aliphatic heterocycles. The van der Waals surface area contributed by atoms with E-state index in [2.05, 4.69) is 19.2 Å². The van der Waals surface area contributed by atoms with Crippen LogP contribution < -0.4 is 11.1 Å². The molecule has 0 bridgehead atoms. The summed E-state index contributed by atoms with van der Waals surface area (Å²) >= 11 is 0. The minimum Gasteiger partial charge on any atom is -0.480 e. The van der Waals surface area contributed by atoms with Gasteiger partial charge < -0.3 is 20.9 Å². The van der Waals surface area contributed by atoms with Gasteiger partial charge in [-0.05, 0) is 57.9 Å². The van der Waals surface area contributed by atoms with E-state index < -0.39 is 12.0 Å². The van der Waals surface area contributed by atoms with Crippen LogP contribution >= 0.6 is 0 Å². The van der Waals surface area contributed by atoms with Crippen LogP contribution in [0.4, 0.5) is 0 Å². The molecule has 0 fully saturated rings. The van der Waals surface area contributed by atoms with Gasteiger partial charge in [-0.1, -0.05) is 181 Å². The quantitative estimate of drug-likeness (QED) is 0.0427. The Morgan fingerprint density at radius 2 is 0.843 bits per heavy atom. The van der Waals surface area contributed by atoms with Crippen LogP contribution in [0.3, 0.4) is 0 Å². The van der Waals surface area contributed by atoms with Crippen molar-refractivity contribution >= 4 is 17.8 Å². The number of carbonyl (C=O) groups excluding carboxylic acids is 2. The molecule has 0 aromatic carbocycles. The number of amides is 1. The van der Waals surface area contributed by atoms with Crippen LogP contribution in [0, 0.1) is 0 Å². The summed E-state index contributed by atoms with van der Waals surface area (Å²) in [6, 6.07) is -0.859. The number of ether oxygens (including phenoxy) is 1. The molecule has 0 saturated carbocycles. The highest BCUT2D eigenvalue weighted by atomic mass is 16.5. The van der Waals surface area contributed by atoms with E-state index in [0.29, 0.717) is 32.2 Å². The van der Waals surface area contributed by atoms with Crippen molar-refractivity contribution in [2.24, 2.45) is 5.73 Å². The summed E-state index contributed by atoms with van der Waals surface area (Å²) in [5.74, 6) is -1.26. The van der Waals surface area contributed by atoms with Crippen molar-refractivity contribution in [2.45, 2.75) is 257 Å². The number of unbranched alkanes of at least 4 members (excludes halogenated alkanes) is 27. The Balaban J connectivity index is 3.82. The molecular weight excluding hydrogens is 636 g/mol. The Kier molecular flexibility index (Phi) is 38.3. The Labute approximate surface area is 316 Å². The minimum atomic E-state index is -1.01. The average Bonchev–Trinajstić information content (AvgIpc) is 3.11. The number of carbonyl (C=O) groups is 3. The van der Waals surface area contributed by atoms with Crippen LogP contribution in [0.2, 0.25) is 0 Å². The van der Waals surface area contributed by atoms with Crippen LogP contribution in [0.25, 0.3) is 0 Å². The second-order valence-corrected chi connectivity index (χ2v) is 15.5. The molecule has 0 radical (unpaired) electrons. The second kappa shape index (κ2) is 39.6. The molecule has 0 aromatic heterocycles. The maximum absolute atomic E-state index is 12.6. The summed E-state index contributed by atoms with van der Waals surface area (Å²) in [6.07, 6.45) is 41.9. The molecule has 7 nitrogen and oxygen atoms in total. The number of nitrogens with one attached hydrogen (secondary N) is 1. The lowest BCUT2D eigenvalue weighted by atomic mass is 10.0. The molecule has 7 heteroatoms. The largest absolute Gasteiger partial charge is 0.480 e. The molecule has 302 valence electrons. The molecule has 0 rings (SSSR count). The molecule has 0 aliphatic rings. The molecule has 0 aliphatic carbocycles. The summed E-state index contributed by atoms with van der Waals surface area (Å²) < 4.78 is 5.95. The lowest BCUT2D eigenvalue weighted by Crippen LogP contribution is -2.40. The average molecular weight is 723 g/mol. The first kappa shape index (κ1) is 49.4. The molecule has 2 unspecified atom stereocenters. The maximum Gasteiger partial charge on any atom is 0.326 e. The molecule has 2 atom stereocenters. The molecule has 0 spiro atoms. The first-order valence-electron chi connectivity index (χ1n) is 22.4. The third-order valence-electron chi connectivity index (χ3n) is 10.4. The van der Waals surface area contributed by atoms with Crippen molar-refractivity contribution in [1.29, 1.82) is 0 Å². The summed E-state index contributed by atoms with van der Waals surface area (Å²) in [6.45, 7) is 4.91. The summed E-state index contributed by atoms with van der Waals surface area (Å²) in [4.78, 5) is 36.2. The number of esters is 1. The van der Waals surface area contributed by atoms with Gasteiger partial charge in [-0.25, -0.2) is 4.79 Å². The number of rotatable bonds is 41.